The standard InChI is InChI=1S/C13H13Cl2NO3/c1-3-4-7(2)12(17)16-11-9(13(18)19)5-8(14)6-10(11)15/h4-6H,3H2,1-2H3,(H,16,17)(H,18,19)/b7-4+. The number of anilines is 1. The highest BCUT2D eigenvalue weighted by Gasteiger charge is 2.17. The van der Waals surface area contributed by atoms with E-state index in [2.05, 4.69) is 5.32 Å². The number of amides is 1. The predicted octanol–water partition coefficient (Wildman–Crippen LogP) is 3.99. The highest BCUT2D eigenvalue weighted by atomic mass is 35.5. The Morgan fingerprint density at radius 2 is 2.00 bits per heavy atom. The third-order valence-corrected chi connectivity index (χ3v) is 2.91. The Morgan fingerprint density at radius 3 is 2.53 bits per heavy atom. The number of carboxylic acids is 1. The fraction of sp³-hybridized carbons (Fsp3) is 0.231. The second-order valence-corrected chi connectivity index (χ2v) is 4.71. The normalized spacial score (nSPS) is 11.3. The van der Waals surface area contributed by atoms with Crippen LogP contribution in [0.15, 0.2) is 23.8 Å². The molecular formula is C13H13Cl2NO3. The Morgan fingerprint density at radius 1 is 1.37 bits per heavy atom. The first-order valence-electron chi connectivity index (χ1n) is 5.57. The van der Waals surface area contributed by atoms with Gasteiger partial charge >= 0.3 is 5.97 Å². The molecule has 0 heterocycles. The maximum atomic E-state index is 11.9. The molecule has 1 aromatic carbocycles. The van der Waals surface area contributed by atoms with Gasteiger partial charge in [-0.2, -0.15) is 0 Å². The fourth-order valence-corrected chi connectivity index (χ4v) is 2.02. The summed E-state index contributed by atoms with van der Waals surface area (Å²) in [5.74, 6) is -1.61. The van der Waals surface area contributed by atoms with Gasteiger partial charge in [0.2, 0.25) is 0 Å². The molecule has 0 radical (unpaired) electrons. The van der Waals surface area contributed by atoms with E-state index >= 15 is 0 Å². The first-order chi connectivity index (χ1) is 8.86. The number of carbonyl (C=O) groups excluding carboxylic acids is 1. The van der Waals surface area contributed by atoms with Crippen LogP contribution in [0.2, 0.25) is 10.0 Å². The Hall–Kier alpha value is -1.52. The molecule has 2 N–H and O–H groups in total. The summed E-state index contributed by atoms with van der Waals surface area (Å²) in [4.78, 5) is 23.0. The minimum absolute atomic E-state index is 0.0485. The minimum atomic E-state index is -1.21. The molecule has 0 saturated heterocycles. The molecule has 1 aromatic rings. The molecule has 1 rings (SSSR count). The quantitative estimate of drug-likeness (QED) is 0.826. The van der Waals surface area contributed by atoms with Gasteiger partial charge in [0.05, 0.1) is 16.3 Å². The molecular weight excluding hydrogens is 289 g/mol. The third-order valence-electron chi connectivity index (χ3n) is 2.39. The number of carboxylic acid groups (broad SMARTS) is 1. The number of hydrogen-bond acceptors (Lipinski definition) is 2. The van der Waals surface area contributed by atoms with E-state index in [1.807, 2.05) is 6.92 Å². The van der Waals surface area contributed by atoms with Crippen molar-refractivity contribution >= 4 is 40.8 Å². The van der Waals surface area contributed by atoms with E-state index in [4.69, 9.17) is 28.3 Å². The summed E-state index contributed by atoms with van der Waals surface area (Å²) < 4.78 is 0. The minimum Gasteiger partial charge on any atom is -0.478 e. The smallest absolute Gasteiger partial charge is 0.337 e. The molecule has 0 aliphatic heterocycles. The molecule has 1 amide bonds. The van der Waals surface area contributed by atoms with Crippen molar-refractivity contribution in [1.29, 1.82) is 0 Å². The molecule has 102 valence electrons. The van der Waals surface area contributed by atoms with E-state index < -0.39 is 11.9 Å². The van der Waals surface area contributed by atoms with Crippen molar-refractivity contribution in [2.75, 3.05) is 5.32 Å². The zero-order chi connectivity index (χ0) is 14.6. The summed E-state index contributed by atoms with van der Waals surface area (Å²) in [6.45, 7) is 3.54. The van der Waals surface area contributed by atoms with Crippen LogP contribution in [-0.4, -0.2) is 17.0 Å². The van der Waals surface area contributed by atoms with Crippen molar-refractivity contribution in [1.82, 2.24) is 0 Å². The van der Waals surface area contributed by atoms with Crippen LogP contribution < -0.4 is 5.32 Å². The van der Waals surface area contributed by atoms with Crippen molar-refractivity contribution in [3.8, 4) is 0 Å². The van der Waals surface area contributed by atoms with Crippen LogP contribution in [0.5, 0.6) is 0 Å². The molecule has 0 fully saturated rings. The molecule has 0 aromatic heterocycles. The molecule has 0 aliphatic carbocycles. The number of halogens is 2. The largest absolute Gasteiger partial charge is 0.478 e. The molecule has 4 nitrogen and oxygen atoms in total. The number of hydrogen-bond donors (Lipinski definition) is 2. The van der Waals surface area contributed by atoms with Crippen LogP contribution >= 0.6 is 23.2 Å². The number of allylic oxidation sites excluding steroid dienone is 1. The van der Waals surface area contributed by atoms with E-state index in [1.54, 1.807) is 13.0 Å². The summed E-state index contributed by atoms with van der Waals surface area (Å²) in [7, 11) is 0. The molecule has 0 saturated carbocycles. The second-order valence-electron chi connectivity index (χ2n) is 3.86. The molecule has 0 spiro atoms. The van der Waals surface area contributed by atoms with Crippen LogP contribution in [0, 0.1) is 0 Å². The zero-order valence-corrected chi connectivity index (χ0v) is 12.0. The zero-order valence-electron chi connectivity index (χ0n) is 10.5. The van der Waals surface area contributed by atoms with E-state index in [0.717, 1.165) is 0 Å². The monoisotopic (exact) mass is 301 g/mol. The average Bonchev–Trinajstić information content (AvgIpc) is 2.32. The molecule has 0 atom stereocenters. The molecule has 0 aliphatic rings. The van der Waals surface area contributed by atoms with Crippen molar-refractivity contribution < 1.29 is 14.7 Å². The number of carbonyl (C=O) groups is 2. The Balaban J connectivity index is 3.17. The summed E-state index contributed by atoms with van der Waals surface area (Å²) in [5.41, 5.74) is 0.396. The lowest BCUT2D eigenvalue weighted by atomic mass is 10.1. The first-order valence-corrected chi connectivity index (χ1v) is 6.32. The van der Waals surface area contributed by atoms with Gasteiger partial charge in [0.25, 0.3) is 5.91 Å². The Labute approximate surface area is 121 Å². The summed E-state index contributed by atoms with van der Waals surface area (Å²) >= 11 is 11.7. The first kappa shape index (κ1) is 15.5. The summed E-state index contributed by atoms with van der Waals surface area (Å²) in [5, 5.41) is 11.9. The molecule has 0 bridgehead atoms. The van der Waals surface area contributed by atoms with E-state index in [9.17, 15) is 9.59 Å². The van der Waals surface area contributed by atoms with Crippen LogP contribution in [0.4, 0.5) is 5.69 Å². The van der Waals surface area contributed by atoms with Crippen molar-refractivity contribution in [2.24, 2.45) is 0 Å². The average molecular weight is 302 g/mol. The topological polar surface area (TPSA) is 66.4 Å². The van der Waals surface area contributed by atoms with Crippen LogP contribution in [0.25, 0.3) is 0 Å². The summed E-state index contributed by atoms with van der Waals surface area (Å²) in [6, 6.07) is 2.62. The van der Waals surface area contributed by atoms with Gasteiger partial charge in [0, 0.05) is 10.6 Å². The second kappa shape index (κ2) is 6.59. The predicted molar refractivity (Wildman–Crippen MR) is 76.1 cm³/mol. The number of benzene rings is 1. The van der Waals surface area contributed by atoms with Gasteiger partial charge in [-0.3, -0.25) is 4.79 Å². The Kier molecular flexibility index (Phi) is 5.39. The lowest BCUT2D eigenvalue weighted by molar-refractivity contribution is -0.112. The van der Waals surface area contributed by atoms with Gasteiger partial charge in [0.15, 0.2) is 0 Å². The van der Waals surface area contributed by atoms with Crippen molar-refractivity contribution in [2.45, 2.75) is 20.3 Å². The maximum Gasteiger partial charge on any atom is 0.337 e. The van der Waals surface area contributed by atoms with Gasteiger partial charge in [-0.25, -0.2) is 4.79 Å². The van der Waals surface area contributed by atoms with E-state index in [-0.39, 0.29) is 21.3 Å². The van der Waals surface area contributed by atoms with Gasteiger partial charge in [-0.1, -0.05) is 36.2 Å². The molecule has 0 unspecified atom stereocenters. The van der Waals surface area contributed by atoms with Crippen molar-refractivity contribution in [3.05, 3.63) is 39.4 Å². The highest BCUT2D eigenvalue weighted by molar-refractivity contribution is 6.38. The molecule has 19 heavy (non-hydrogen) atoms. The third kappa shape index (κ3) is 3.98. The lowest BCUT2D eigenvalue weighted by Crippen LogP contribution is -2.16. The van der Waals surface area contributed by atoms with E-state index in [0.29, 0.717) is 12.0 Å². The number of nitrogens with one attached hydrogen (secondary N) is 1. The van der Waals surface area contributed by atoms with Gasteiger partial charge in [-0.05, 0) is 25.5 Å². The lowest BCUT2D eigenvalue weighted by Gasteiger charge is -2.11. The van der Waals surface area contributed by atoms with Crippen LogP contribution in [0.3, 0.4) is 0 Å². The fourth-order valence-electron chi connectivity index (χ4n) is 1.48. The SMILES string of the molecule is CC/C=C(\C)C(=O)Nc1c(Cl)cc(Cl)cc1C(=O)O. The summed E-state index contributed by atoms with van der Waals surface area (Å²) in [6.07, 6.45) is 2.44. The van der Waals surface area contributed by atoms with Crippen LogP contribution in [0.1, 0.15) is 30.6 Å². The number of rotatable bonds is 4. The van der Waals surface area contributed by atoms with Gasteiger partial charge in [-0.15, -0.1) is 0 Å². The van der Waals surface area contributed by atoms with Gasteiger partial charge in [0.1, 0.15) is 0 Å². The van der Waals surface area contributed by atoms with Crippen molar-refractivity contribution in [3.63, 3.8) is 0 Å². The Bertz CT molecular complexity index is 553. The number of aromatic carboxylic acids is 1. The van der Waals surface area contributed by atoms with E-state index in [1.165, 1.54) is 12.1 Å². The highest BCUT2D eigenvalue weighted by Crippen LogP contribution is 2.30. The molecule has 6 heteroatoms. The van der Waals surface area contributed by atoms with Gasteiger partial charge < -0.3 is 10.4 Å². The van der Waals surface area contributed by atoms with Crippen LogP contribution in [-0.2, 0) is 4.79 Å². The maximum absolute atomic E-state index is 11.9.